The molecule has 28 heavy (non-hydrogen) atoms. The SMILES string of the molecule is N#CCC1(CN2C(=O)CCc3cc(NC4CCC(C(=O)O)CC4)ccc32)CC1. The fourth-order valence-electron chi connectivity index (χ4n) is 4.61. The summed E-state index contributed by atoms with van der Waals surface area (Å²) in [6.07, 6.45) is 7.02. The lowest BCUT2D eigenvalue weighted by Crippen LogP contribution is -2.39. The van der Waals surface area contributed by atoms with Gasteiger partial charge >= 0.3 is 5.97 Å². The van der Waals surface area contributed by atoms with Gasteiger partial charge < -0.3 is 15.3 Å². The van der Waals surface area contributed by atoms with E-state index in [1.807, 2.05) is 17.0 Å². The molecule has 1 aromatic rings. The van der Waals surface area contributed by atoms with Crippen LogP contribution in [0.15, 0.2) is 18.2 Å². The lowest BCUT2D eigenvalue weighted by atomic mass is 9.86. The van der Waals surface area contributed by atoms with E-state index in [1.165, 1.54) is 5.56 Å². The summed E-state index contributed by atoms with van der Waals surface area (Å²) < 4.78 is 0. The Morgan fingerprint density at radius 3 is 2.64 bits per heavy atom. The first-order valence-electron chi connectivity index (χ1n) is 10.3. The van der Waals surface area contributed by atoms with Crippen molar-refractivity contribution in [2.45, 2.75) is 63.8 Å². The zero-order valence-electron chi connectivity index (χ0n) is 16.1. The van der Waals surface area contributed by atoms with Crippen LogP contribution in [-0.4, -0.2) is 29.6 Å². The minimum Gasteiger partial charge on any atom is -0.481 e. The Morgan fingerprint density at radius 2 is 2.00 bits per heavy atom. The molecule has 2 saturated carbocycles. The second kappa shape index (κ2) is 7.46. The van der Waals surface area contributed by atoms with Gasteiger partial charge in [-0.15, -0.1) is 0 Å². The molecule has 0 radical (unpaired) electrons. The third-order valence-electron chi connectivity index (χ3n) is 6.63. The molecule has 0 aromatic heterocycles. The van der Waals surface area contributed by atoms with E-state index >= 15 is 0 Å². The Kier molecular flexibility index (Phi) is 5.01. The number of carbonyl (C=O) groups is 2. The molecule has 2 fully saturated rings. The first kappa shape index (κ1) is 18.8. The topological polar surface area (TPSA) is 93.4 Å². The second-order valence-electron chi connectivity index (χ2n) is 8.69. The van der Waals surface area contributed by atoms with Crippen LogP contribution in [0.1, 0.15) is 56.9 Å². The number of amides is 1. The van der Waals surface area contributed by atoms with Crippen molar-refractivity contribution in [2.24, 2.45) is 11.3 Å². The fraction of sp³-hybridized carbons (Fsp3) is 0.591. The fourth-order valence-corrected chi connectivity index (χ4v) is 4.61. The second-order valence-corrected chi connectivity index (χ2v) is 8.69. The number of carbonyl (C=O) groups excluding carboxylic acids is 1. The molecule has 1 aromatic carbocycles. The van der Waals surface area contributed by atoms with Crippen LogP contribution in [0.5, 0.6) is 0 Å². The van der Waals surface area contributed by atoms with Gasteiger partial charge in [-0.3, -0.25) is 9.59 Å². The van der Waals surface area contributed by atoms with E-state index in [-0.39, 0.29) is 17.2 Å². The molecular formula is C22H27N3O3. The van der Waals surface area contributed by atoms with Crippen molar-refractivity contribution in [3.8, 4) is 6.07 Å². The van der Waals surface area contributed by atoms with Crippen molar-refractivity contribution in [3.05, 3.63) is 23.8 Å². The number of aryl methyl sites for hydroxylation is 1. The molecule has 1 heterocycles. The molecule has 1 amide bonds. The van der Waals surface area contributed by atoms with E-state index in [2.05, 4.69) is 17.5 Å². The molecule has 4 rings (SSSR count). The Hall–Kier alpha value is -2.55. The van der Waals surface area contributed by atoms with Crippen molar-refractivity contribution in [2.75, 3.05) is 16.8 Å². The molecule has 2 aliphatic carbocycles. The van der Waals surface area contributed by atoms with Gasteiger partial charge in [0.15, 0.2) is 0 Å². The summed E-state index contributed by atoms with van der Waals surface area (Å²) in [5, 5.41) is 21.8. The predicted molar refractivity (Wildman–Crippen MR) is 106 cm³/mol. The maximum atomic E-state index is 12.5. The molecule has 0 saturated heterocycles. The maximum Gasteiger partial charge on any atom is 0.306 e. The minimum atomic E-state index is -0.679. The molecule has 3 aliphatic rings. The highest BCUT2D eigenvalue weighted by molar-refractivity contribution is 5.97. The Labute approximate surface area is 165 Å². The monoisotopic (exact) mass is 381 g/mol. The number of nitriles is 1. The van der Waals surface area contributed by atoms with Crippen LogP contribution in [0.4, 0.5) is 11.4 Å². The third-order valence-corrected chi connectivity index (χ3v) is 6.63. The zero-order valence-corrected chi connectivity index (χ0v) is 16.1. The lowest BCUT2D eigenvalue weighted by molar-refractivity contribution is -0.142. The van der Waals surface area contributed by atoms with Crippen LogP contribution >= 0.6 is 0 Å². The van der Waals surface area contributed by atoms with Gasteiger partial charge in [0, 0.05) is 42.2 Å². The van der Waals surface area contributed by atoms with Crippen LogP contribution in [0.25, 0.3) is 0 Å². The highest BCUT2D eigenvalue weighted by Crippen LogP contribution is 2.50. The van der Waals surface area contributed by atoms with Gasteiger partial charge in [-0.2, -0.15) is 5.26 Å². The molecule has 6 nitrogen and oxygen atoms in total. The van der Waals surface area contributed by atoms with Gasteiger partial charge in [0.25, 0.3) is 0 Å². The summed E-state index contributed by atoms with van der Waals surface area (Å²) >= 11 is 0. The summed E-state index contributed by atoms with van der Waals surface area (Å²) in [7, 11) is 0. The smallest absolute Gasteiger partial charge is 0.306 e. The molecule has 6 heteroatoms. The van der Waals surface area contributed by atoms with Crippen molar-refractivity contribution in [1.82, 2.24) is 0 Å². The van der Waals surface area contributed by atoms with E-state index in [1.54, 1.807) is 0 Å². The van der Waals surface area contributed by atoms with Crippen molar-refractivity contribution < 1.29 is 14.7 Å². The molecule has 0 spiro atoms. The van der Waals surface area contributed by atoms with Crippen molar-refractivity contribution >= 4 is 23.3 Å². The summed E-state index contributed by atoms with van der Waals surface area (Å²) in [6.45, 7) is 0.651. The zero-order chi connectivity index (χ0) is 19.7. The number of carboxylic acid groups (broad SMARTS) is 1. The number of nitrogens with one attached hydrogen (secondary N) is 1. The molecule has 0 atom stereocenters. The van der Waals surface area contributed by atoms with Crippen LogP contribution in [0, 0.1) is 22.7 Å². The Bertz CT molecular complexity index is 817. The minimum absolute atomic E-state index is 0.00127. The van der Waals surface area contributed by atoms with Crippen molar-refractivity contribution in [1.29, 1.82) is 5.26 Å². The van der Waals surface area contributed by atoms with E-state index < -0.39 is 5.97 Å². The summed E-state index contributed by atoms with van der Waals surface area (Å²) in [4.78, 5) is 25.5. The summed E-state index contributed by atoms with van der Waals surface area (Å²) in [5.41, 5.74) is 3.21. The highest BCUT2D eigenvalue weighted by Gasteiger charge is 2.45. The number of fused-ring (bicyclic) bond motifs is 1. The molecule has 0 unspecified atom stereocenters. The van der Waals surface area contributed by atoms with Crippen LogP contribution in [0.2, 0.25) is 0 Å². The van der Waals surface area contributed by atoms with Crippen LogP contribution in [0.3, 0.4) is 0 Å². The molecular weight excluding hydrogens is 354 g/mol. The Balaban J connectivity index is 1.44. The maximum absolute atomic E-state index is 12.5. The van der Waals surface area contributed by atoms with Crippen molar-refractivity contribution in [3.63, 3.8) is 0 Å². The molecule has 148 valence electrons. The van der Waals surface area contributed by atoms with Gasteiger partial charge in [0.2, 0.25) is 5.91 Å². The van der Waals surface area contributed by atoms with Gasteiger partial charge in [-0.25, -0.2) is 0 Å². The molecule has 0 bridgehead atoms. The standard InChI is InChI=1S/C22H27N3O3/c23-12-11-22(9-10-22)14-25-19-7-6-18(13-16(19)3-8-20(25)26)24-17-4-1-15(2-5-17)21(27)28/h6-7,13,15,17,24H,1-5,8-11,14H2,(H,27,28). The summed E-state index contributed by atoms with van der Waals surface area (Å²) in [6, 6.07) is 8.78. The highest BCUT2D eigenvalue weighted by atomic mass is 16.4. The average Bonchev–Trinajstić information content (AvgIpc) is 3.44. The summed E-state index contributed by atoms with van der Waals surface area (Å²) in [5.74, 6) is -0.726. The normalized spacial score (nSPS) is 25.5. The third kappa shape index (κ3) is 3.84. The number of benzene rings is 1. The average molecular weight is 381 g/mol. The quantitative estimate of drug-likeness (QED) is 0.783. The van der Waals surface area contributed by atoms with Crippen LogP contribution < -0.4 is 10.2 Å². The van der Waals surface area contributed by atoms with E-state index in [4.69, 9.17) is 10.4 Å². The molecule has 1 aliphatic heterocycles. The number of rotatable bonds is 6. The largest absolute Gasteiger partial charge is 0.481 e. The van der Waals surface area contributed by atoms with Gasteiger partial charge in [-0.1, -0.05) is 0 Å². The number of nitrogens with zero attached hydrogens (tertiary/aromatic N) is 2. The predicted octanol–water partition coefficient (Wildman–Crippen LogP) is 3.71. The number of hydrogen-bond acceptors (Lipinski definition) is 4. The van der Waals surface area contributed by atoms with Crippen LogP contribution in [-0.2, 0) is 16.0 Å². The van der Waals surface area contributed by atoms with E-state index in [0.717, 1.165) is 56.3 Å². The molecule has 2 N–H and O–H groups in total. The first-order chi connectivity index (χ1) is 13.5. The number of hydrogen-bond donors (Lipinski definition) is 2. The van der Waals surface area contributed by atoms with Gasteiger partial charge in [0.05, 0.1) is 12.0 Å². The van der Waals surface area contributed by atoms with E-state index in [0.29, 0.717) is 25.4 Å². The van der Waals surface area contributed by atoms with Gasteiger partial charge in [0.1, 0.15) is 0 Å². The lowest BCUT2D eigenvalue weighted by Gasteiger charge is -2.33. The number of carboxylic acids is 1. The first-order valence-corrected chi connectivity index (χ1v) is 10.3. The number of anilines is 2. The van der Waals surface area contributed by atoms with E-state index in [9.17, 15) is 9.59 Å². The van der Waals surface area contributed by atoms with Gasteiger partial charge in [-0.05, 0) is 68.7 Å². The Morgan fingerprint density at radius 1 is 1.25 bits per heavy atom. The number of aliphatic carboxylic acids is 1.